The van der Waals surface area contributed by atoms with E-state index in [0.717, 1.165) is 33.7 Å². The van der Waals surface area contributed by atoms with Gasteiger partial charge in [0.15, 0.2) is 9.84 Å². The summed E-state index contributed by atoms with van der Waals surface area (Å²) in [4.78, 5) is 4.40. The number of sulfone groups is 1. The Hall–Kier alpha value is -3.24. The van der Waals surface area contributed by atoms with Gasteiger partial charge in [0.05, 0.1) is 18.1 Å². The minimum absolute atomic E-state index is 0.134. The molecule has 0 unspecified atom stereocenters. The highest BCUT2D eigenvalue weighted by Gasteiger charge is 2.18. The molecule has 34 heavy (non-hydrogen) atoms. The summed E-state index contributed by atoms with van der Waals surface area (Å²) in [7, 11) is -1.45. The topological polar surface area (TPSA) is 105 Å². The third kappa shape index (κ3) is 5.13. The number of fused-ring (bicyclic) bond motifs is 1. The molecular formula is C24H28FN5O3S. The zero-order valence-corrected chi connectivity index (χ0v) is 20.3. The minimum Gasteiger partial charge on any atom is -0.492 e. The summed E-state index contributed by atoms with van der Waals surface area (Å²) in [6, 6.07) is 8.27. The Balaban J connectivity index is 1.60. The van der Waals surface area contributed by atoms with Crippen LogP contribution in [0, 0.1) is 12.7 Å². The van der Waals surface area contributed by atoms with Gasteiger partial charge in [0.1, 0.15) is 17.2 Å². The predicted molar refractivity (Wildman–Crippen MR) is 129 cm³/mol. The second kappa shape index (κ2) is 9.55. The number of halogens is 1. The van der Waals surface area contributed by atoms with E-state index < -0.39 is 15.7 Å². The van der Waals surface area contributed by atoms with Crippen molar-refractivity contribution in [2.75, 3.05) is 19.4 Å². The molecule has 2 N–H and O–H groups in total. The molecule has 0 saturated carbocycles. The number of nitrogens with zero attached hydrogens (tertiary/aromatic N) is 4. The highest BCUT2D eigenvalue weighted by molar-refractivity contribution is 7.89. The highest BCUT2D eigenvalue weighted by Crippen LogP contribution is 2.31. The van der Waals surface area contributed by atoms with E-state index in [1.165, 1.54) is 18.4 Å². The molecule has 0 radical (unpaired) electrons. The summed E-state index contributed by atoms with van der Waals surface area (Å²) >= 11 is 0. The van der Waals surface area contributed by atoms with Gasteiger partial charge in [-0.05, 0) is 37.7 Å². The van der Waals surface area contributed by atoms with Crippen molar-refractivity contribution in [1.82, 2.24) is 19.2 Å². The van der Waals surface area contributed by atoms with E-state index in [4.69, 9.17) is 10.5 Å². The van der Waals surface area contributed by atoms with Gasteiger partial charge in [0, 0.05) is 72.7 Å². The lowest BCUT2D eigenvalue weighted by Crippen LogP contribution is -2.08. The number of benzene rings is 1. The molecule has 4 rings (SSSR count). The Morgan fingerprint density at radius 2 is 1.97 bits per heavy atom. The van der Waals surface area contributed by atoms with Crippen molar-refractivity contribution in [3.8, 4) is 16.9 Å². The Bertz CT molecular complexity index is 1440. The van der Waals surface area contributed by atoms with Gasteiger partial charge in [0.25, 0.3) is 0 Å². The van der Waals surface area contributed by atoms with Crippen LogP contribution < -0.4 is 10.5 Å². The molecule has 0 aliphatic carbocycles. The van der Waals surface area contributed by atoms with E-state index in [1.54, 1.807) is 24.0 Å². The van der Waals surface area contributed by atoms with E-state index in [-0.39, 0.29) is 12.4 Å². The lowest BCUT2D eigenvalue weighted by molar-refractivity contribution is 0.321. The summed E-state index contributed by atoms with van der Waals surface area (Å²) < 4.78 is 47.4. The molecule has 180 valence electrons. The van der Waals surface area contributed by atoms with Crippen molar-refractivity contribution in [1.29, 1.82) is 0 Å². The maximum Gasteiger partial charge on any atom is 0.153 e. The molecule has 10 heteroatoms. The zero-order chi connectivity index (χ0) is 24.5. The monoisotopic (exact) mass is 485 g/mol. The highest BCUT2D eigenvalue weighted by atomic mass is 32.2. The molecule has 4 aromatic rings. The second-order valence-electron chi connectivity index (χ2n) is 8.38. The quantitative estimate of drug-likeness (QED) is 0.391. The number of aromatic nitrogens is 4. The van der Waals surface area contributed by atoms with Crippen LogP contribution in [0.1, 0.15) is 22.6 Å². The lowest BCUT2D eigenvalue weighted by Gasteiger charge is -2.13. The molecule has 3 heterocycles. The molecule has 8 nitrogen and oxygen atoms in total. The van der Waals surface area contributed by atoms with Crippen molar-refractivity contribution >= 4 is 15.5 Å². The van der Waals surface area contributed by atoms with Gasteiger partial charge >= 0.3 is 0 Å². The summed E-state index contributed by atoms with van der Waals surface area (Å²) in [5.74, 6) is -0.127. The van der Waals surface area contributed by atoms with Crippen LogP contribution in [0.25, 0.3) is 16.8 Å². The first-order valence-electron chi connectivity index (χ1n) is 10.9. The van der Waals surface area contributed by atoms with Crippen molar-refractivity contribution < 1.29 is 17.5 Å². The van der Waals surface area contributed by atoms with Crippen molar-refractivity contribution in [3.63, 3.8) is 0 Å². The Morgan fingerprint density at radius 1 is 1.18 bits per heavy atom. The smallest absolute Gasteiger partial charge is 0.153 e. The van der Waals surface area contributed by atoms with Gasteiger partial charge in [-0.25, -0.2) is 17.8 Å². The molecule has 0 aliphatic heterocycles. The molecule has 0 amide bonds. The molecule has 0 fully saturated rings. The molecule has 1 aromatic carbocycles. The summed E-state index contributed by atoms with van der Waals surface area (Å²) in [6.45, 7) is 2.64. The third-order valence-corrected chi connectivity index (χ3v) is 6.58. The molecule has 0 bridgehead atoms. The molecule has 0 spiro atoms. The van der Waals surface area contributed by atoms with E-state index >= 15 is 0 Å². The average molecular weight is 486 g/mol. The van der Waals surface area contributed by atoms with Gasteiger partial charge in [-0.2, -0.15) is 5.10 Å². The number of hydrogen-bond donors (Lipinski definition) is 1. The van der Waals surface area contributed by atoms with Gasteiger partial charge < -0.3 is 14.9 Å². The molecular weight excluding hydrogens is 457 g/mol. The number of hydrogen-bond acceptors (Lipinski definition) is 6. The van der Waals surface area contributed by atoms with Crippen LogP contribution in [0.15, 0.2) is 42.7 Å². The van der Waals surface area contributed by atoms with Gasteiger partial charge in [-0.15, -0.1) is 0 Å². The van der Waals surface area contributed by atoms with Crippen LogP contribution in [0.4, 0.5) is 4.39 Å². The fraction of sp³-hybridized carbons (Fsp3) is 0.333. The number of rotatable bonds is 9. The van der Waals surface area contributed by atoms with Crippen LogP contribution in [0.3, 0.4) is 0 Å². The fourth-order valence-electron chi connectivity index (χ4n) is 4.05. The van der Waals surface area contributed by atoms with Crippen molar-refractivity contribution in [2.45, 2.75) is 25.5 Å². The van der Waals surface area contributed by atoms with Gasteiger partial charge in [0.2, 0.25) is 0 Å². The number of aryl methyl sites for hydroxylation is 1. The van der Waals surface area contributed by atoms with Gasteiger partial charge in [-0.3, -0.25) is 4.68 Å². The number of imidazole rings is 1. The lowest BCUT2D eigenvalue weighted by atomic mass is 10.1. The second-order valence-corrected chi connectivity index (χ2v) is 10.5. The molecule has 0 atom stereocenters. The third-order valence-electron chi connectivity index (χ3n) is 5.79. The normalized spacial score (nSPS) is 11.9. The SMILES string of the molecule is Cc1c(CCOc2cc(F)ccc2-c2ccc3ncc(CCN)n3c2)c(CS(C)(=O)=O)nn1C. The maximum absolute atomic E-state index is 14.1. The largest absolute Gasteiger partial charge is 0.492 e. The zero-order valence-electron chi connectivity index (χ0n) is 19.5. The number of nitrogens with two attached hydrogens (primary N) is 1. The van der Waals surface area contributed by atoms with E-state index in [0.29, 0.717) is 30.8 Å². The number of pyridine rings is 1. The molecule has 3 aromatic heterocycles. The Labute approximate surface area is 198 Å². The maximum atomic E-state index is 14.1. The van der Waals surface area contributed by atoms with Crippen LogP contribution in [0.5, 0.6) is 5.75 Å². The first kappa shape index (κ1) is 23.9. The fourth-order valence-corrected chi connectivity index (χ4v) is 4.78. The van der Waals surface area contributed by atoms with E-state index in [9.17, 15) is 12.8 Å². The van der Waals surface area contributed by atoms with Crippen LogP contribution in [-0.2, 0) is 35.5 Å². The summed E-state index contributed by atoms with van der Waals surface area (Å²) in [6.07, 6.45) is 6.08. The summed E-state index contributed by atoms with van der Waals surface area (Å²) in [5.41, 5.74) is 11.3. The summed E-state index contributed by atoms with van der Waals surface area (Å²) in [5, 5.41) is 4.35. The predicted octanol–water partition coefficient (Wildman–Crippen LogP) is 2.85. The number of ether oxygens (including phenoxy) is 1. The van der Waals surface area contributed by atoms with Crippen LogP contribution >= 0.6 is 0 Å². The standard InChI is InChI=1S/C24H28FN5O3S/c1-16-20(22(28-29(16)2)15-34(3,31)32)9-11-33-23-12-18(25)5-6-21(23)17-4-7-24-27-13-19(8-10-26)30(24)14-17/h4-7,12-14H,8-11,15,26H2,1-3H3. The Kier molecular flexibility index (Phi) is 6.72. The molecule has 0 aliphatic rings. The Morgan fingerprint density at radius 3 is 2.71 bits per heavy atom. The average Bonchev–Trinajstić information content (AvgIpc) is 3.28. The first-order valence-corrected chi connectivity index (χ1v) is 13.0. The minimum atomic E-state index is -3.23. The van der Waals surface area contributed by atoms with Gasteiger partial charge in [-0.1, -0.05) is 0 Å². The van der Waals surface area contributed by atoms with Crippen molar-refractivity contribution in [3.05, 3.63) is 71.2 Å². The van der Waals surface area contributed by atoms with E-state index in [2.05, 4.69) is 10.1 Å². The van der Waals surface area contributed by atoms with Crippen molar-refractivity contribution in [2.24, 2.45) is 12.8 Å². The first-order chi connectivity index (χ1) is 16.2. The van der Waals surface area contributed by atoms with E-state index in [1.807, 2.05) is 29.7 Å². The van der Waals surface area contributed by atoms with Crippen LogP contribution in [0.2, 0.25) is 0 Å². The molecule has 0 saturated heterocycles. The van der Waals surface area contributed by atoms with Crippen LogP contribution in [-0.4, -0.2) is 47.0 Å².